The topological polar surface area (TPSA) is 71.3 Å². The highest BCUT2D eigenvalue weighted by Crippen LogP contribution is 2.33. The molecular weight excluding hydrogens is 368 g/mol. The molecule has 0 unspecified atom stereocenters. The molecule has 7 nitrogen and oxygen atoms in total. The molecule has 0 aliphatic carbocycles. The number of amides is 1. The maximum atomic E-state index is 12.2. The lowest BCUT2D eigenvalue weighted by atomic mass is 10.3. The van der Waals surface area contributed by atoms with Gasteiger partial charge in [-0.2, -0.15) is 4.99 Å². The van der Waals surface area contributed by atoms with Crippen molar-refractivity contribution in [2.24, 2.45) is 12.0 Å². The van der Waals surface area contributed by atoms with Gasteiger partial charge in [-0.05, 0) is 24.3 Å². The number of aromatic nitrogens is 1. The zero-order chi connectivity index (χ0) is 19.4. The summed E-state index contributed by atoms with van der Waals surface area (Å²) in [6, 6.07) is 10.7. The van der Waals surface area contributed by atoms with E-state index in [0.29, 0.717) is 22.0 Å². The SMILES string of the molecule is COc1ccc(OCC(=O)N=c2sc3cc(OC)c(OC)cc3n2C)cc1. The van der Waals surface area contributed by atoms with Gasteiger partial charge in [0, 0.05) is 19.2 Å². The standard InChI is InChI=1S/C19H20N2O5S/c1-21-14-9-15(24-3)16(25-4)10-17(14)27-19(21)20-18(22)11-26-13-7-5-12(23-2)6-8-13/h5-10H,11H2,1-4H3. The Bertz CT molecular complexity index is 1020. The number of carbonyl (C=O) groups is 1. The van der Waals surface area contributed by atoms with Gasteiger partial charge >= 0.3 is 0 Å². The predicted octanol–water partition coefficient (Wildman–Crippen LogP) is 2.77. The lowest BCUT2D eigenvalue weighted by molar-refractivity contribution is -0.120. The van der Waals surface area contributed by atoms with E-state index in [1.807, 2.05) is 23.7 Å². The molecule has 1 aromatic heterocycles. The minimum absolute atomic E-state index is 0.146. The van der Waals surface area contributed by atoms with Crippen LogP contribution in [0.4, 0.5) is 0 Å². The first kappa shape index (κ1) is 18.8. The Kier molecular flexibility index (Phi) is 5.66. The Morgan fingerprint density at radius 2 is 1.63 bits per heavy atom. The average molecular weight is 388 g/mol. The molecule has 0 saturated heterocycles. The smallest absolute Gasteiger partial charge is 0.286 e. The third-order valence-corrected chi connectivity index (χ3v) is 5.05. The maximum Gasteiger partial charge on any atom is 0.286 e. The van der Waals surface area contributed by atoms with Gasteiger partial charge in [-0.3, -0.25) is 4.79 Å². The summed E-state index contributed by atoms with van der Waals surface area (Å²) in [5.41, 5.74) is 0.903. The van der Waals surface area contributed by atoms with Gasteiger partial charge in [0.15, 0.2) is 22.9 Å². The molecule has 3 rings (SSSR count). The normalized spacial score (nSPS) is 11.5. The van der Waals surface area contributed by atoms with Crippen LogP contribution < -0.4 is 23.7 Å². The molecule has 0 spiro atoms. The summed E-state index contributed by atoms with van der Waals surface area (Å²) in [6.07, 6.45) is 0. The Morgan fingerprint density at radius 3 is 2.26 bits per heavy atom. The lowest BCUT2D eigenvalue weighted by Gasteiger charge is -2.07. The highest BCUT2D eigenvalue weighted by molar-refractivity contribution is 7.16. The fraction of sp³-hybridized carbons (Fsp3) is 0.263. The molecule has 0 N–H and O–H groups in total. The van der Waals surface area contributed by atoms with Crippen LogP contribution in [0.15, 0.2) is 41.4 Å². The van der Waals surface area contributed by atoms with E-state index in [9.17, 15) is 4.79 Å². The van der Waals surface area contributed by atoms with E-state index >= 15 is 0 Å². The number of aryl methyl sites for hydroxylation is 1. The summed E-state index contributed by atoms with van der Waals surface area (Å²) < 4.78 is 24.0. The van der Waals surface area contributed by atoms with Crippen LogP contribution in [0.3, 0.4) is 0 Å². The van der Waals surface area contributed by atoms with Crippen LogP contribution in [0.5, 0.6) is 23.0 Å². The van der Waals surface area contributed by atoms with Crippen LogP contribution in [-0.2, 0) is 11.8 Å². The van der Waals surface area contributed by atoms with Gasteiger partial charge in [0.1, 0.15) is 11.5 Å². The van der Waals surface area contributed by atoms with Crippen LogP contribution in [0.25, 0.3) is 10.2 Å². The van der Waals surface area contributed by atoms with Crippen LogP contribution in [0, 0.1) is 0 Å². The second-order valence-electron chi connectivity index (χ2n) is 5.59. The van der Waals surface area contributed by atoms with Gasteiger partial charge in [0.05, 0.1) is 31.5 Å². The van der Waals surface area contributed by atoms with Crippen molar-refractivity contribution in [1.29, 1.82) is 0 Å². The van der Waals surface area contributed by atoms with Gasteiger partial charge in [-0.25, -0.2) is 0 Å². The number of carbonyl (C=O) groups excluding carboxylic acids is 1. The molecule has 3 aromatic rings. The van der Waals surface area contributed by atoms with E-state index in [1.54, 1.807) is 45.6 Å². The number of nitrogens with zero attached hydrogens (tertiary/aromatic N) is 2. The average Bonchev–Trinajstić information content (AvgIpc) is 3.00. The van der Waals surface area contributed by atoms with Crippen molar-refractivity contribution in [3.8, 4) is 23.0 Å². The zero-order valence-corrected chi connectivity index (χ0v) is 16.3. The van der Waals surface area contributed by atoms with E-state index in [1.165, 1.54) is 11.3 Å². The summed E-state index contributed by atoms with van der Waals surface area (Å²) in [7, 11) is 6.61. The molecule has 8 heteroatoms. The highest BCUT2D eigenvalue weighted by Gasteiger charge is 2.11. The first-order valence-corrected chi connectivity index (χ1v) is 8.93. The van der Waals surface area contributed by atoms with Crippen molar-refractivity contribution in [2.75, 3.05) is 27.9 Å². The first-order valence-electron chi connectivity index (χ1n) is 8.11. The van der Waals surface area contributed by atoms with Crippen molar-refractivity contribution >= 4 is 27.5 Å². The number of rotatable bonds is 6. The Labute approximate surface area is 160 Å². The van der Waals surface area contributed by atoms with Crippen molar-refractivity contribution in [3.63, 3.8) is 0 Å². The molecule has 0 aliphatic heterocycles. The predicted molar refractivity (Wildman–Crippen MR) is 103 cm³/mol. The Morgan fingerprint density at radius 1 is 1.00 bits per heavy atom. The third-order valence-electron chi connectivity index (χ3n) is 3.96. The van der Waals surface area contributed by atoms with Gasteiger partial charge in [0.25, 0.3) is 5.91 Å². The number of fused-ring (bicyclic) bond motifs is 1. The maximum absolute atomic E-state index is 12.2. The minimum Gasteiger partial charge on any atom is -0.497 e. The van der Waals surface area contributed by atoms with E-state index in [-0.39, 0.29) is 12.5 Å². The van der Waals surface area contributed by atoms with Crippen LogP contribution in [-0.4, -0.2) is 38.4 Å². The first-order chi connectivity index (χ1) is 13.0. The van der Waals surface area contributed by atoms with E-state index in [4.69, 9.17) is 18.9 Å². The van der Waals surface area contributed by atoms with Crippen LogP contribution >= 0.6 is 11.3 Å². The molecule has 0 fully saturated rings. The molecule has 0 atom stereocenters. The second kappa shape index (κ2) is 8.13. The molecule has 1 heterocycles. The second-order valence-corrected chi connectivity index (χ2v) is 6.60. The van der Waals surface area contributed by atoms with Crippen LogP contribution in [0.2, 0.25) is 0 Å². The molecule has 142 valence electrons. The molecule has 0 aliphatic rings. The van der Waals surface area contributed by atoms with Gasteiger partial charge in [-0.1, -0.05) is 11.3 Å². The number of methoxy groups -OCH3 is 3. The molecule has 2 aromatic carbocycles. The molecule has 0 saturated carbocycles. The van der Waals surface area contributed by atoms with E-state index in [0.717, 1.165) is 16.0 Å². The Hall–Kier alpha value is -3.00. The highest BCUT2D eigenvalue weighted by atomic mass is 32.1. The van der Waals surface area contributed by atoms with Gasteiger partial charge in [-0.15, -0.1) is 0 Å². The van der Waals surface area contributed by atoms with Crippen molar-refractivity contribution in [3.05, 3.63) is 41.2 Å². The number of ether oxygens (including phenoxy) is 4. The molecule has 0 radical (unpaired) electrons. The van der Waals surface area contributed by atoms with Crippen molar-refractivity contribution in [1.82, 2.24) is 4.57 Å². The fourth-order valence-corrected chi connectivity index (χ4v) is 3.56. The monoisotopic (exact) mass is 388 g/mol. The summed E-state index contributed by atoms with van der Waals surface area (Å²) in [5, 5.41) is 0. The molecule has 27 heavy (non-hydrogen) atoms. The van der Waals surface area contributed by atoms with Gasteiger partial charge < -0.3 is 23.5 Å². The molecule has 1 amide bonds. The largest absolute Gasteiger partial charge is 0.497 e. The van der Waals surface area contributed by atoms with E-state index in [2.05, 4.69) is 4.99 Å². The lowest BCUT2D eigenvalue weighted by Crippen LogP contribution is -2.17. The zero-order valence-electron chi connectivity index (χ0n) is 15.5. The third kappa shape index (κ3) is 4.06. The van der Waals surface area contributed by atoms with Gasteiger partial charge in [0.2, 0.25) is 0 Å². The summed E-state index contributed by atoms with van der Waals surface area (Å²) in [5.74, 6) is 2.19. The number of hydrogen-bond acceptors (Lipinski definition) is 6. The minimum atomic E-state index is -0.369. The van der Waals surface area contributed by atoms with Crippen molar-refractivity contribution in [2.45, 2.75) is 0 Å². The van der Waals surface area contributed by atoms with Crippen LogP contribution in [0.1, 0.15) is 0 Å². The number of hydrogen-bond donors (Lipinski definition) is 0. The summed E-state index contributed by atoms with van der Waals surface area (Å²) in [6.45, 7) is -0.146. The number of benzene rings is 2. The Balaban J connectivity index is 1.81. The summed E-state index contributed by atoms with van der Waals surface area (Å²) in [4.78, 5) is 17.0. The molecule has 0 bridgehead atoms. The van der Waals surface area contributed by atoms with E-state index < -0.39 is 0 Å². The van der Waals surface area contributed by atoms with Crippen molar-refractivity contribution < 1.29 is 23.7 Å². The molecular formula is C19H20N2O5S. The quantitative estimate of drug-likeness (QED) is 0.649. The number of thiazole rings is 1. The fourth-order valence-electron chi connectivity index (χ4n) is 2.52. The summed E-state index contributed by atoms with van der Waals surface area (Å²) >= 11 is 1.40.